The number of ether oxygens (including phenoxy) is 1. The Balaban J connectivity index is 2.50. The van der Waals surface area contributed by atoms with Crippen LogP contribution in [0.2, 0.25) is 0 Å². The van der Waals surface area contributed by atoms with Gasteiger partial charge in [0, 0.05) is 13.1 Å². The van der Waals surface area contributed by atoms with E-state index in [-0.39, 0.29) is 12.4 Å². The zero-order valence-electron chi connectivity index (χ0n) is 11.8. The second-order valence-electron chi connectivity index (χ2n) is 4.47. The topological polar surface area (TPSA) is 49.8 Å². The molecule has 0 saturated heterocycles. The fourth-order valence-electron chi connectivity index (χ4n) is 1.96. The van der Waals surface area contributed by atoms with Gasteiger partial charge in [0.2, 0.25) is 0 Å². The normalized spacial score (nSPS) is 10.7. The van der Waals surface area contributed by atoms with E-state index in [1.165, 1.54) is 6.92 Å². The number of rotatable bonds is 9. The molecule has 0 aliphatic heterocycles. The number of carbonyl (C=O) groups is 1. The van der Waals surface area contributed by atoms with E-state index >= 15 is 0 Å². The minimum absolute atomic E-state index is 0.0105. The van der Waals surface area contributed by atoms with Crippen LogP contribution >= 0.6 is 0 Å². The minimum Gasteiger partial charge on any atom is -0.491 e. The summed E-state index contributed by atoms with van der Waals surface area (Å²) in [5, 5.41) is 8.97. The Kier molecular flexibility index (Phi) is 7.15. The summed E-state index contributed by atoms with van der Waals surface area (Å²) in [5.41, 5.74) is 0.617. The molecule has 4 nitrogen and oxygen atoms in total. The first-order valence-corrected chi connectivity index (χ1v) is 6.75. The van der Waals surface area contributed by atoms with Crippen molar-refractivity contribution >= 4 is 5.78 Å². The predicted molar refractivity (Wildman–Crippen MR) is 75.8 cm³/mol. The summed E-state index contributed by atoms with van der Waals surface area (Å²) >= 11 is 0. The first kappa shape index (κ1) is 15.7. The lowest BCUT2D eigenvalue weighted by atomic mass is 10.1. The van der Waals surface area contributed by atoms with Crippen molar-refractivity contribution < 1.29 is 14.6 Å². The van der Waals surface area contributed by atoms with Crippen molar-refractivity contribution in [3.05, 3.63) is 29.8 Å². The smallest absolute Gasteiger partial charge is 0.163 e. The molecule has 1 rings (SSSR count). The summed E-state index contributed by atoms with van der Waals surface area (Å²) in [6.07, 6.45) is 1.05. The number of hydrogen-bond acceptors (Lipinski definition) is 4. The third-order valence-corrected chi connectivity index (χ3v) is 2.89. The molecule has 19 heavy (non-hydrogen) atoms. The Bertz CT molecular complexity index is 387. The van der Waals surface area contributed by atoms with Crippen LogP contribution in [-0.2, 0) is 0 Å². The highest BCUT2D eigenvalue weighted by molar-refractivity contribution is 5.96. The fourth-order valence-corrected chi connectivity index (χ4v) is 1.96. The van der Waals surface area contributed by atoms with E-state index in [2.05, 4.69) is 11.8 Å². The van der Waals surface area contributed by atoms with Gasteiger partial charge in [0.25, 0.3) is 0 Å². The molecule has 0 spiro atoms. The second-order valence-corrected chi connectivity index (χ2v) is 4.47. The first-order valence-electron chi connectivity index (χ1n) is 6.75. The molecular weight excluding hydrogens is 242 g/mol. The van der Waals surface area contributed by atoms with E-state index in [1.807, 2.05) is 18.2 Å². The van der Waals surface area contributed by atoms with Crippen molar-refractivity contribution in [3.63, 3.8) is 0 Å². The molecule has 0 heterocycles. The molecule has 0 amide bonds. The van der Waals surface area contributed by atoms with Crippen molar-refractivity contribution in [2.45, 2.75) is 20.3 Å². The minimum atomic E-state index is 0.0105. The fraction of sp³-hybridized carbons (Fsp3) is 0.533. The number of para-hydroxylation sites is 1. The summed E-state index contributed by atoms with van der Waals surface area (Å²) in [4.78, 5) is 13.6. The van der Waals surface area contributed by atoms with Gasteiger partial charge in [0.15, 0.2) is 5.78 Å². The van der Waals surface area contributed by atoms with E-state index in [0.717, 1.165) is 19.5 Å². The first-order chi connectivity index (χ1) is 9.19. The van der Waals surface area contributed by atoms with Crippen molar-refractivity contribution in [2.75, 3.05) is 32.8 Å². The van der Waals surface area contributed by atoms with E-state index in [0.29, 0.717) is 24.5 Å². The maximum absolute atomic E-state index is 11.4. The zero-order valence-corrected chi connectivity index (χ0v) is 11.8. The molecule has 0 fully saturated rings. The zero-order chi connectivity index (χ0) is 14.1. The highest BCUT2D eigenvalue weighted by Gasteiger charge is 2.08. The molecule has 0 aliphatic rings. The Hall–Kier alpha value is -1.39. The Morgan fingerprint density at radius 3 is 2.63 bits per heavy atom. The van der Waals surface area contributed by atoms with Crippen LogP contribution in [0.3, 0.4) is 0 Å². The van der Waals surface area contributed by atoms with Crippen molar-refractivity contribution in [1.82, 2.24) is 4.90 Å². The number of aliphatic hydroxyl groups excluding tert-OH is 1. The molecule has 0 atom stereocenters. The molecule has 1 aromatic carbocycles. The third-order valence-electron chi connectivity index (χ3n) is 2.89. The lowest BCUT2D eigenvalue weighted by molar-refractivity contribution is 0.101. The van der Waals surface area contributed by atoms with Crippen LogP contribution in [0, 0.1) is 0 Å². The quantitative estimate of drug-likeness (QED) is 0.694. The number of aliphatic hydroxyl groups is 1. The van der Waals surface area contributed by atoms with Gasteiger partial charge < -0.3 is 9.84 Å². The Morgan fingerprint density at radius 1 is 1.26 bits per heavy atom. The molecule has 106 valence electrons. The van der Waals surface area contributed by atoms with Crippen LogP contribution < -0.4 is 4.74 Å². The van der Waals surface area contributed by atoms with Crippen LogP contribution in [0.5, 0.6) is 5.75 Å². The molecule has 0 bridgehead atoms. The number of carbonyl (C=O) groups excluding carboxylic acids is 1. The molecule has 0 aliphatic carbocycles. The average Bonchev–Trinajstić information content (AvgIpc) is 2.39. The van der Waals surface area contributed by atoms with Gasteiger partial charge in [-0.1, -0.05) is 19.1 Å². The maximum Gasteiger partial charge on any atom is 0.163 e. The summed E-state index contributed by atoms with van der Waals surface area (Å²) in [6, 6.07) is 7.28. The van der Waals surface area contributed by atoms with Crippen LogP contribution in [0.25, 0.3) is 0 Å². The van der Waals surface area contributed by atoms with Gasteiger partial charge in [-0.05, 0) is 32.0 Å². The lowest BCUT2D eigenvalue weighted by Crippen LogP contribution is -2.32. The Labute approximate surface area is 115 Å². The molecular formula is C15H23NO3. The van der Waals surface area contributed by atoms with Gasteiger partial charge in [-0.3, -0.25) is 9.69 Å². The van der Waals surface area contributed by atoms with Gasteiger partial charge in [-0.2, -0.15) is 0 Å². The van der Waals surface area contributed by atoms with E-state index in [9.17, 15) is 4.79 Å². The monoisotopic (exact) mass is 265 g/mol. The number of benzene rings is 1. The van der Waals surface area contributed by atoms with E-state index < -0.39 is 0 Å². The largest absolute Gasteiger partial charge is 0.491 e. The lowest BCUT2D eigenvalue weighted by Gasteiger charge is -2.20. The summed E-state index contributed by atoms with van der Waals surface area (Å²) in [7, 11) is 0. The highest BCUT2D eigenvalue weighted by Crippen LogP contribution is 2.18. The van der Waals surface area contributed by atoms with Gasteiger partial charge in [-0.25, -0.2) is 0 Å². The molecule has 1 N–H and O–H groups in total. The Morgan fingerprint density at radius 2 is 2.00 bits per heavy atom. The SMILES string of the molecule is CCCN(CCO)CCOc1ccccc1C(C)=O. The molecule has 4 heteroatoms. The third kappa shape index (κ3) is 5.41. The molecule has 0 saturated carbocycles. The summed E-state index contributed by atoms with van der Waals surface area (Å²) in [5.74, 6) is 0.645. The van der Waals surface area contributed by atoms with Crippen molar-refractivity contribution in [3.8, 4) is 5.75 Å². The van der Waals surface area contributed by atoms with Crippen molar-refractivity contribution in [2.24, 2.45) is 0 Å². The van der Waals surface area contributed by atoms with Gasteiger partial charge in [0.1, 0.15) is 12.4 Å². The molecule has 0 unspecified atom stereocenters. The van der Waals surface area contributed by atoms with Crippen molar-refractivity contribution in [1.29, 1.82) is 0 Å². The number of Topliss-reactive ketones (excluding diaryl/α,β-unsaturated/α-hetero) is 1. The molecule has 1 aromatic rings. The summed E-state index contributed by atoms with van der Waals surface area (Å²) < 4.78 is 5.68. The number of hydrogen-bond donors (Lipinski definition) is 1. The summed E-state index contributed by atoms with van der Waals surface area (Å²) in [6.45, 7) is 6.67. The maximum atomic E-state index is 11.4. The van der Waals surface area contributed by atoms with Gasteiger partial charge in [-0.15, -0.1) is 0 Å². The van der Waals surface area contributed by atoms with E-state index in [1.54, 1.807) is 6.07 Å². The van der Waals surface area contributed by atoms with Gasteiger partial charge in [0.05, 0.1) is 12.2 Å². The van der Waals surface area contributed by atoms with Crippen LogP contribution in [0.15, 0.2) is 24.3 Å². The van der Waals surface area contributed by atoms with Crippen LogP contribution in [0.4, 0.5) is 0 Å². The second kappa shape index (κ2) is 8.67. The van der Waals surface area contributed by atoms with Crippen LogP contribution in [0.1, 0.15) is 30.6 Å². The highest BCUT2D eigenvalue weighted by atomic mass is 16.5. The van der Waals surface area contributed by atoms with Crippen LogP contribution in [-0.4, -0.2) is 48.6 Å². The molecule has 0 radical (unpaired) electrons. The standard InChI is InChI=1S/C15H23NO3/c1-3-8-16(9-11-17)10-12-19-15-7-5-4-6-14(15)13(2)18/h4-7,17H,3,8-12H2,1-2H3. The average molecular weight is 265 g/mol. The van der Waals surface area contributed by atoms with E-state index in [4.69, 9.17) is 9.84 Å². The predicted octanol–water partition coefficient (Wildman–Crippen LogP) is 1.97. The number of ketones is 1. The molecule has 0 aromatic heterocycles. The number of nitrogens with zero attached hydrogens (tertiary/aromatic N) is 1. The van der Waals surface area contributed by atoms with Gasteiger partial charge >= 0.3 is 0 Å².